The summed E-state index contributed by atoms with van der Waals surface area (Å²) in [7, 11) is -2.22. The van der Waals surface area contributed by atoms with Crippen molar-refractivity contribution in [2.45, 2.75) is 13.3 Å². The van der Waals surface area contributed by atoms with E-state index < -0.39 is 15.9 Å². The second kappa shape index (κ2) is 5.72. The van der Waals surface area contributed by atoms with Gasteiger partial charge in [-0.25, -0.2) is 13.1 Å². The van der Waals surface area contributed by atoms with Gasteiger partial charge >= 0.3 is 0 Å². The molecule has 7 heteroatoms. The number of nitrogen functional groups attached to an aromatic ring is 1. The second-order valence-corrected chi connectivity index (χ2v) is 5.55. The van der Waals surface area contributed by atoms with Crippen LogP contribution in [0, 0.1) is 0 Å². The molecule has 1 amide bonds. The third kappa shape index (κ3) is 3.63. The third-order valence-corrected chi connectivity index (χ3v) is 3.63. The number of hydrogen-bond acceptors (Lipinski definition) is 5. The lowest BCUT2D eigenvalue weighted by Gasteiger charge is -2.10. The van der Waals surface area contributed by atoms with Gasteiger partial charge in [0.15, 0.2) is 0 Å². The molecule has 18 heavy (non-hydrogen) atoms. The van der Waals surface area contributed by atoms with Crippen molar-refractivity contribution in [1.82, 2.24) is 4.72 Å². The van der Waals surface area contributed by atoms with Crippen LogP contribution in [0.4, 0.5) is 5.69 Å². The maximum atomic E-state index is 11.8. The molecular weight excluding hydrogens is 256 g/mol. The van der Waals surface area contributed by atoms with E-state index in [-0.39, 0.29) is 17.1 Å². The fraction of sp³-hybridized carbons (Fsp3) is 0.364. The zero-order valence-corrected chi connectivity index (χ0v) is 11.1. The highest BCUT2D eigenvalue weighted by Gasteiger charge is 2.18. The van der Waals surface area contributed by atoms with Gasteiger partial charge in [0.1, 0.15) is 5.75 Å². The van der Waals surface area contributed by atoms with Gasteiger partial charge in [-0.3, -0.25) is 4.79 Å². The van der Waals surface area contributed by atoms with Crippen LogP contribution in [0.15, 0.2) is 18.2 Å². The van der Waals surface area contributed by atoms with Crippen LogP contribution < -0.4 is 15.2 Å². The summed E-state index contributed by atoms with van der Waals surface area (Å²) < 4.78 is 29.9. The van der Waals surface area contributed by atoms with Gasteiger partial charge in [0.2, 0.25) is 10.0 Å². The smallest absolute Gasteiger partial charge is 0.268 e. The molecule has 0 saturated carbocycles. The number of methoxy groups -OCH3 is 1. The van der Waals surface area contributed by atoms with Crippen LogP contribution in [0.1, 0.15) is 23.7 Å². The topological polar surface area (TPSA) is 98.5 Å². The van der Waals surface area contributed by atoms with E-state index in [9.17, 15) is 13.2 Å². The number of sulfonamides is 1. The van der Waals surface area contributed by atoms with Crippen LogP contribution in [0.2, 0.25) is 0 Å². The van der Waals surface area contributed by atoms with Gasteiger partial charge in [-0.15, -0.1) is 0 Å². The molecule has 1 aromatic carbocycles. The average Bonchev–Trinajstić information content (AvgIpc) is 2.27. The van der Waals surface area contributed by atoms with Crippen LogP contribution in [-0.2, 0) is 10.0 Å². The molecule has 1 aromatic rings. The quantitative estimate of drug-likeness (QED) is 0.770. The molecule has 0 saturated heterocycles. The van der Waals surface area contributed by atoms with E-state index in [2.05, 4.69) is 0 Å². The van der Waals surface area contributed by atoms with Crippen molar-refractivity contribution in [2.24, 2.45) is 0 Å². The highest BCUT2D eigenvalue weighted by molar-refractivity contribution is 7.90. The summed E-state index contributed by atoms with van der Waals surface area (Å²) in [5, 5.41) is 0. The molecule has 6 nitrogen and oxygen atoms in total. The van der Waals surface area contributed by atoms with Gasteiger partial charge in [0.05, 0.1) is 18.4 Å². The number of rotatable bonds is 5. The Hall–Kier alpha value is -1.76. The predicted octanol–water partition coefficient (Wildman–Crippen LogP) is 0.747. The van der Waals surface area contributed by atoms with Crippen molar-refractivity contribution in [2.75, 3.05) is 18.6 Å². The Morgan fingerprint density at radius 1 is 1.44 bits per heavy atom. The van der Waals surface area contributed by atoms with E-state index in [4.69, 9.17) is 10.5 Å². The summed E-state index contributed by atoms with van der Waals surface area (Å²) in [5.41, 5.74) is 6.11. The van der Waals surface area contributed by atoms with Gasteiger partial charge in [-0.2, -0.15) is 0 Å². The van der Waals surface area contributed by atoms with E-state index in [1.54, 1.807) is 6.92 Å². The average molecular weight is 272 g/mol. The number of nitrogens with two attached hydrogens (primary N) is 1. The first-order valence-electron chi connectivity index (χ1n) is 5.38. The number of carbonyl (C=O) groups is 1. The maximum Gasteiger partial charge on any atom is 0.268 e. The molecule has 100 valence electrons. The Labute approximate surface area is 106 Å². The molecule has 0 atom stereocenters. The number of hydrogen-bond donors (Lipinski definition) is 2. The maximum absolute atomic E-state index is 11.8. The van der Waals surface area contributed by atoms with Gasteiger partial charge < -0.3 is 10.5 Å². The zero-order chi connectivity index (χ0) is 13.8. The van der Waals surface area contributed by atoms with Crippen molar-refractivity contribution in [1.29, 1.82) is 0 Å². The normalized spacial score (nSPS) is 11.0. The fourth-order valence-corrected chi connectivity index (χ4v) is 2.44. The Balaban J connectivity index is 2.98. The van der Waals surface area contributed by atoms with Crippen molar-refractivity contribution in [3.8, 4) is 5.75 Å². The summed E-state index contributed by atoms with van der Waals surface area (Å²) in [4.78, 5) is 11.8. The molecule has 0 unspecified atom stereocenters. The van der Waals surface area contributed by atoms with Gasteiger partial charge in [-0.05, 0) is 18.6 Å². The minimum Gasteiger partial charge on any atom is -0.496 e. The Bertz CT molecular complexity index is 540. The highest BCUT2D eigenvalue weighted by atomic mass is 32.2. The highest BCUT2D eigenvalue weighted by Crippen LogP contribution is 2.21. The van der Waals surface area contributed by atoms with Crippen molar-refractivity contribution in [3.05, 3.63) is 23.8 Å². The van der Waals surface area contributed by atoms with Gasteiger partial charge in [0.25, 0.3) is 5.91 Å². The zero-order valence-electron chi connectivity index (χ0n) is 10.3. The minimum atomic E-state index is -3.60. The van der Waals surface area contributed by atoms with Crippen LogP contribution >= 0.6 is 0 Å². The summed E-state index contributed by atoms with van der Waals surface area (Å²) >= 11 is 0. The number of anilines is 1. The minimum absolute atomic E-state index is 0.101. The molecule has 0 aromatic heterocycles. The van der Waals surface area contributed by atoms with E-state index in [0.717, 1.165) is 0 Å². The SMILES string of the molecule is CCCS(=O)(=O)NC(=O)c1ccc(N)cc1OC. The molecule has 0 heterocycles. The Kier molecular flexibility index (Phi) is 4.55. The largest absolute Gasteiger partial charge is 0.496 e. The van der Waals surface area contributed by atoms with E-state index in [1.165, 1.54) is 25.3 Å². The first-order chi connectivity index (χ1) is 8.39. The molecule has 3 N–H and O–H groups in total. The first kappa shape index (κ1) is 14.3. The Morgan fingerprint density at radius 2 is 2.11 bits per heavy atom. The molecule has 0 radical (unpaired) electrons. The lowest BCUT2D eigenvalue weighted by molar-refractivity contribution is 0.0978. The van der Waals surface area contributed by atoms with Crippen LogP contribution in [0.25, 0.3) is 0 Å². The summed E-state index contributed by atoms with van der Waals surface area (Å²) in [6, 6.07) is 4.39. The second-order valence-electron chi connectivity index (χ2n) is 3.71. The standard InChI is InChI=1S/C11H16N2O4S/c1-3-6-18(15,16)13-11(14)9-5-4-8(12)7-10(9)17-2/h4-5,7H,3,6,12H2,1-2H3,(H,13,14). The van der Waals surface area contributed by atoms with Gasteiger partial charge in [-0.1, -0.05) is 6.92 Å². The molecule has 0 spiro atoms. The van der Waals surface area contributed by atoms with E-state index in [0.29, 0.717) is 12.1 Å². The molecular formula is C11H16N2O4S. The lowest BCUT2D eigenvalue weighted by atomic mass is 10.2. The summed E-state index contributed by atoms with van der Waals surface area (Å²) in [6.07, 6.45) is 0.432. The number of amides is 1. The number of carbonyl (C=O) groups excluding carboxylic acids is 1. The molecule has 1 rings (SSSR count). The first-order valence-corrected chi connectivity index (χ1v) is 7.03. The van der Waals surface area contributed by atoms with Gasteiger partial charge in [0, 0.05) is 11.8 Å². The summed E-state index contributed by atoms with van der Waals surface area (Å²) in [6.45, 7) is 1.72. The third-order valence-electron chi connectivity index (χ3n) is 2.19. The predicted molar refractivity (Wildman–Crippen MR) is 69.0 cm³/mol. The van der Waals surface area contributed by atoms with Crippen LogP contribution in [0.5, 0.6) is 5.75 Å². The van der Waals surface area contributed by atoms with E-state index in [1.807, 2.05) is 4.72 Å². The monoisotopic (exact) mass is 272 g/mol. The van der Waals surface area contributed by atoms with Crippen LogP contribution in [-0.4, -0.2) is 27.2 Å². The van der Waals surface area contributed by atoms with Crippen LogP contribution in [0.3, 0.4) is 0 Å². The molecule has 0 aliphatic rings. The number of benzene rings is 1. The fourth-order valence-electron chi connectivity index (χ4n) is 1.41. The Morgan fingerprint density at radius 3 is 2.67 bits per heavy atom. The molecule has 0 aliphatic carbocycles. The molecule has 0 fully saturated rings. The van der Waals surface area contributed by atoms with Crippen molar-refractivity contribution in [3.63, 3.8) is 0 Å². The summed E-state index contributed by atoms with van der Waals surface area (Å²) in [5.74, 6) is -0.588. The molecule has 0 aliphatic heterocycles. The van der Waals surface area contributed by atoms with Crippen molar-refractivity contribution >= 4 is 21.6 Å². The lowest BCUT2D eigenvalue weighted by Crippen LogP contribution is -2.32. The number of ether oxygens (including phenoxy) is 1. The number of nitrogens with one attached hydrogen (secondary N) is 1. The van der Waals surface area contributed by atoms with E-state index >= 15 is 0 Å². The van der Waals surface area contributed by atoms with Crippen molar-refractivity contribution < 1.29 is 17.9 Å². The molecule has 0 bridgehead atoms.